The third-order valence-electron chi connectivity index (χ3n) is 3.79. The maximum atomic E-state index is 12.3. The number of halogens is 1. The molecule has 0 aliphatic carbocycles. The maximum absolute atomic E-state index is 12.3. The Morgan fingerprint density at radius 1 is 1.19 bits per heavy atom. The van der Waals surface area contributed by atoms with Crippen LogP contribution in [0.3, 0.4) is 0 Å². The van der Waals surface area contributed by atoms with Crippen LogP contribution in [0.5, 0.6) is 5.75 Å². The third-order valence-corrected chi connectivity index (χ3v) is 5.05. The summed E-state index contributed by atoms with van der Waals surface area (Å²) in [4.78, 5) is 21.7. The number of carbonyl (C=O) groups excluding carboxylic acids is 1. The fraction of sp³-hybridized carbons (Fsp3) is 0.250. The van der Waals surface area contributed by atoms with Gasteiger partial charge in [-0.1, -0.05) is 53.7 Å². The maximum Gasteiger partial charge on any atom is 0.234 e. The minimum absolute atomic E-state index is 0.138. The van der Waals surface area contributed by atoms with Crippen molar-refractivity contribution >= 4 is 45.7 Å². The Morgan fingerprint density at radius 2 is 1.93 bits per heavy atom. The molecule has 7 heteroatoms. The number of hydrogen-bond donors (Lipinski definition) is 1. The van der Waals surface area contributed by atoms with Crippen molar-refractivity contribution in [3.63, 3.8) is 0 Å². The van der Waals surface area contributed by atoms with Gasteiger partial charge in [-0.25, -0.2) is 4.99 Å². The van der Waals surface area contributed by atoms with Crippen molar-refractivity contribution in [1.82, 2.24) is 0 Å². The average Bonchev–Trinajstić information content (AvgIpc) is 2.96. The van der Waals surface area contributed by atoms with Crippen molar-refractivity contribution in [2.75, 3.05) is 18.2 Å². The lowest BCUT2D eigenvalue weighted by Crippen LogP contribution is -2.17. The van der Waals surface area contributed by atoms with E-state index in [4.69, 9.17) is 21.3 Å². The molecule has 1 aliphatic rings. The Balaban J connectivity index is 1.66. The minimum atomic E-state index is -0.520. The first-order valence-electron chi connectivity index (χ1n) is 8.39. The number of thioether (sulfide) groups is 1. The predicted molar refractivity (Wildman–Crippen MR) is 114 cm³/mol. The Hall–Kier alpha value is -2.31. The van der Waals surface area contributed by atoms with Crippen LogP contribution < -0.4 is 10.1 Å². The molecule has 140 valence electrons. The summed E-state index contributed by atoms with van der Waals surface area (Å²) in [5, 5.41) is 4.06. The van der Waals surface area contributed by atoms with Crippen LogP contribution >= 0.6 is 23.4 Å². The first kappa shape index (κ1) is 19.5. The molecule has 3 rings (SSSR count). The zero-order valence-electron chi connectivity index (χ0n) is 15.3. The van der Waals surface area contributed by atoms with Gasteiger partial charge in [0.2, 0.25) is 5.91 Å². The van der Waals surface area contributed by atoms with Crippen LogP contribution in [0.2, 0.25) is 5.02 Å². The average molecular weight is 402 g/mol. The number of nitrogens with one attached hydrogen (secondary N) is 1. The van der Waals surface area contributed by atoms with Gasteiger partial charge in [-0.2, -0.15) is 0 Å². The van der Waals surface area contributed by atoms with Gasteiger partial charge in [0, 0.05) is 11.3 Å². The second-order valence-corrected chi connectivity index (χ2v) is 7.80. The zero-order chi connectivity index (χ0) is 19.4. The normalized spacial score (nSPS) is 15.1. The Morgan fingerprint density at radius 3 is 2.59 bits per heavy atom. The van der Waals surface area contributed by atoms with E-state index in [2.05, 4.69) is 10.3 Å². The Kier molecular flexibility index (Phi) is 5.87. The van der Waals surface area contributed by atoms with E-state index in [0.29, 0.717) is 16.5 Å². The van der Waals surface area contributed by atoms with Gasteiger partial charge >= 0.3 is 0 Å². The standard InChI is InChI=1S/C20H20ClN3O2S/c1-20(2)23-18(13-7-5-4-6-8-13)19(24-20)27-12-17(25)22-14-9-10-16(26-3)15(21)11-14/h4-11H,12H2,1-3H3,(H,22,25). The molecule has 1 N–H and O–H groups in total. The molecule has 0 radical (unpaired) electrons. The monoisotopic (exact) mass is 401 g/mol. The van der Waals surface area contributed by atoms with Crippen molar-refractivity contribution < 1.29 is 9.53 Å². The molecule has 0 atom stereocenters. The van der Waals surface area contributed by atoms with Crippen LogP contribution in [0.4, 0.5) is 5.69 Å². The summed E-state index contributed by atoms with van der Waals surface area (Å²) in [5.74, 6) is 0.654. The molecular weight excluding hydrogens is 382 g/mol. The molecule has 1 heterocycles. The highest BCUT2D eigenvalue weighted by molar-refractivity contribution is 8.16. The summed E-state index contributed by atoms with van der Waals surface area (Å²) in [6.07, 6.45) is 0. The number of rotatable bonds is 5. The van der Waals surface area contributed by atoms with E-state index in [9.17, 15) is 4.79 Å². The van der Waals surface area contributed by atoms with E-state index in [1.165, 1.54) is 11.8 Å². The molecule has 1 aliphatic heterocycles. The summed E-state index contributed by atoms with van der Waals surface area (Å²) in [5.41, 5.74) is 1.92. The van der Waals surface area contributed by atoms with Crippen LogP contribution in [-0.4, -0.2) is 35.2 Å². The second-order valence-electron chi connectivity index (χ2n) is 6.42. The molecule has 2 aromatic rings. The molecule has 0 aromatic heterocycles. The lowest BCUT2D eigenvalue weighted by Gasteiger charge is -2.09. The number of nitrogens with zero attached hydrogens (tertiary/aromatic N) is 2. The zero-order valence-corrected chi connectivity index (χ0v) is 16.9. The Bertz CT molecular complexity index is 911. The topological polar surface area (TPSA) is 63.0 Å². The molecule has 0 unspecified atom stereocenters. The van der Waals surface area contributed by atoms with Gasteiger partial charge in [0.25, 0.3) is 0 Å². The lowest BCUT2D eigenvalue weighted by atomic mass is 10.1. The van der Waals surface area contributed by atoms with Crippen molar-refractivity contribution in [1.29, 1.82) is 0 Å². The molecule has 0 fully saturated rings. The number of anilines is 1. The smallest absolute Gasteiger partial charge is 0.234 e. The number of hydrogen-bond acceptors (Lipinski definition) is 5. The van der Waals surface area contributed by atoms with Crippen LogP contribution in [0.25, 0.3) is 0 Å². The largest absolute Gasteiger partial charge is 0.495 e. The molecule has 1 amide bonds. The van der Waals surface area contributed by atoms with E-state index in [1.54, 1.807) is 25.3 Å². The highest BCUT2D eigenvalue weighted by atomic mass is 35.5. The van der Waals surface area contributed by atoms with Crippen molar-refractivity contribution in [2.24, 2.45) is 9.98 Å². The van der Waals surface area contributed by atoms with Crippen molar-refractivity contribution in [3.05, 3.63) is 59.1 Å². The fourth-order valence-corrected chi connectivity index (χ4v) is 3.79. The van der Waals surface area contributed by atoms with Crippen LogP contribution in [0.15, 0.2) is 58.5 Å². The van der Waals surface area contributed by atoms with E-state index >= 15 is 0 Å². The van der Waals surface area contributed by atoms with Crippen molar-refractivity contribution in [3.8, 4) is 5.75 Å². The van der Waals surface area contributed by atoms with Crippen LogP contribution in [0.1, 0.15) is 19.4 Å². The van der Waals surface area contributed by atoms with E-state index in [-0.39, 0.29) is 11.7 Å². The number of carbonyl (C=O) groups is 1. The highest BCUT2D eigenvalue weighted by Gasteiger charge is 2.28. The number of aliphatic imine (C=N–C) groups is 2. The molecule has 2 aromatic carbocycles. The minimum Gasteiger partial charge on any atom is -0.495 e. The van der Waals surface area contributed by atoms with E-state index < -0.39 is 5.66 Å². The SMILES string of the molecule is COc1ccc(NC(=O)CSC2=NC(C)(C)N=C2c2ccccc2)cc1Cl. The predicted octanol–water partition coefficient (Wildman–Crippen LogP) is 4.66. The second kappa shape index (κ2) is 8.15. The number of benzene rings is 2. The molecule has 27 heavy (non-hydrogen) atoms. The fourth-order valence-electron chi connectivity index (χ4n) is 2.61. The molecule has 5 nitrogen and oxygen atoms in total. The summed E-state index contributed by atoms with van der Waals surface area (Å²) >= 11 is 7.47. The molecule has 0 saturated heterocycles. The van der Waals surface area contributed by atoms with Crippen LogP contribution in [0, 0.1) is 0 Å². The lowest BCUT2D eigenvalue weighted by molar-refractivity contribution is -0.113. The van der Waals surface area contributed by atoms with Gasteiger partial charge in [0.15, 0.2) is 0 Å². The van der Waals surface area contributed by atoms with Gasteiger partial charge < -0.3 is 10.1 Å². The first-order valence-corrected chi connectivity index (χ1v) is 9.76. The highest BCUT2D eigenvalue weighted by Crippen LogP contribution is 2.28. The van der Waals surface area contributed by atoms with E-state index in [0.717, 1.165) is 16.3 Å². The summed E-state index contributed by atoms with van der Waals surface area (Å²) in [6, 6.07) is 15.0. The summed E-state index contributed by atoms with van der Waals surface area (Å²) in [6.45, 7) is 3.89. The number of ether oxygens (including phenoxy) is 1. The van der Waals surface area contributed by atoms with Crippen LogP contribution in [-0.2, 0) is 4.79 Å². The summed E-state index contributed by atoms with van der Waals surface area (Å²) < 4.78 is 5.12. The van der Waals surface area contributed by atoms with Gasteiger partial charge in [0.05, 0.1) is 23.6 Å². The van der Waals surface area contributed by atoms with Gasteiger partial charge in [0.1, 0.15) is 16.5 Å². The number of methoxy groups -OCH3 is 1. The van der Waals surface area contributed by atoms with Crippen molar-refractivity contribution in [2.45, 2.75) is 19.5 Å². The molecule has 0 bridgehead atoms. The molecule has 0 spiro atoms. The molecule has 0 saturated carbocycles. The van der Waals surface area contributed by atoms with Gasteiger partial charge in [-0.3, -0.25) is 9.79 Å². The summed E-state index contributed by atoms with van der Waals surface area (Å²) in [7, 11) is 1.55. The van der Waals surface area contributed by atoms with E-state index in [1.807, 2.05) is 44.2 Å². The first-order chi connectivity index (χ1) is 12.9. The molecular formula is C20H20ClN3O2S. The number of amides is 1. The third kappa shape index (κ3) is 4.90. The van der Waals surface area contributed by atoms with Gasteiger partial charge in [-0.15, -0.1) is 0 Å². The van der Waals surface area contributed by atoms with Gasteiger partial charge in [-0.05, 0) is 32.0 Å². The quantitative estimate of drug-likeness (QED) is 0.792. The Labute approximate surface area is 167 Å².